The number of carbonyl (C=O) groups is 1. The molecule has 0 amide bonds. The number of alkyl halides is 8. The Labute approximate surface area is 120 Å². The van der Waals surface area contributed by atoms with Gasteiger partial charge in [0.25, 0.3) is 5.67 Å². The minimum absolute atomic E-state index is 0.297. The van der Waals surface area contributed by atoms with Gasteiger partial charge < -0.3 is 4.74 Å². The highest BCUT2D eigenvalue weighted by Gasteiger charge is 2.96. The van der Waals surface area contributed by atoms with Gasteiger partial charge in [-0.1, -0.05) is 6.58 Å². The third-order valence-corrected chi connectivity index (χ3v) is 3.51. The fourth-order valence-corrected chi connectivity index (χ4v) is 2.08. The first-order valence-electron chi connectivity index (χ1n) is 5.83. The Balaban J connectivity index is 3.49. The molecule has 1 rings (SSSR count). The van der Waals surface area contributed by atoms with Crippen molar-refractivity contribution in [1.29, 1.82) is 0 Å². The van der Waals surface area contributed by atoms with Crippen LogP contribution in [-0.2, 0) is 9.53 Å². The zero-order valence-corrected chi connectivity index (χ0v) is 11.6. The average Bonchev–Trinajstić information content (AvgIpc) is 2.40. The third kappa shape index (κ3) is 1.88. The maximum absolute atomic E-state index is 14.5. The molecule has 128 valence electrons. The molecular formula is C12H12F8O2. The van der Waals surface area contributed by atoms with Crippen molar-refractivity contribution in [2.75, 3.05) is 0 Å². The normalized spacial score (nSPS) is 32.6. The Kier molecular flexibility index (Phi) is 3.89. The standard InChI is InChI=1S/C12H12F8O2/c1-5(2)6(21)22-8(3,4)9(14)7(13)10(15,16)12(19,20)11(9,17)18/h7H,1H2,2-4H3. The molecule has 2 atom stereocenters. The van der Waals surface area contributed by atoms with E-state index in [1.165, 1.54) is 0 Å². The van der Waals surface area contributed by atoms with Crippen LogP contribution in [0.4, 0.5) is 35.1 Å². The molecule has 10 heteroatoms. The van der Waals surface area contributed by atoms with E-state index in [0.29, 0.717) is 13.8 Å². The van der Waals surface area contributed by atoms with Crippen molar-refractivity contribution in [3.05, 3.63) is 12.2 Å². The van der Waals surface area contributed by atoms with E-state index in [0.717, 1.165) is 6.92 Å². The highest BCUT2D eigenvalue weighted by atomic mass is 19.4. The van der Waals surface area contributed by atoms with Crippen molar-refractivity contribution in [3.8, 4) is 0 Å². The van der Waals surface area contributed by atoms with Gasteiger partial charge in [0.1, 0.15) is 0 Å². The summed E-state index contributed by atoms with van der Waals surface area (Å²) in [4.78, 5) is 11.3. The SMILES string of the molecule is C=C(C)C(=O)OC(C)(C)C1(F)C(F)C(F)(F)C(F)(F)C1(F)F. The number of carbonyl (C=O) groups excluding carboxylic acids is 1. The second-order valence-electron chi connectivity index (χ2n) is 5.53. The van der Waals surface area contributed by atoms with Crippen molar-refractivity contribution >= 4 is 5.97 Å². The van der Waals surface area contributed by atoms with E-state index in [4.69, 9.17) is 0 Å². The summed E-state index contributed by atoms with van der Waals surface area (Å²) >= 11 is 0. The Morgan fingerprint density at radius 2 is 1.45 bits per heavy atom. The van der Waals surface area contributed by atoms with Crippen molar-refractivity contribution in [3.63, 3.8) is 0 Å². The molecule has 1 saturated carbocycles. The lowest BCUT2D eigenvalue weighted by molar-refractivity contribution is -0.303. The van der Waals surface area contributed by atoms with E-state index in [2.05, 4.69) is 11.3 Å². The van der Waals surface area contributed by atoms with E-state index in [1.807, 2.05) is 0 Å². The summed E-state index contributed by atoms with van der Waals surface area (Å²) in [7, 11) is 0. The van der Waals surface area contributed by atoms with Gasteiger partial charge in [0, 0.05) is 5.57 Å². The van der Waals surface area contributed by atoms with Crippen LogP contribution in [-0.4, -0.2) is 41.2 Å². The van der Waals surface area contributed by atoms with Gasteiger partial charge in [-0.05, 0) is 20.8 Å². The molecule has 2 nitrogen and oxygen atoms in total. The number of rotatable bonds is 3. The predicted octanol–water partition coefficient (Wildman–Crippen LogP) is 3.85. The fraction of sp³-hybridized carbons (Fsp3) is 0.750. The van der Waals surface area contributed by atoms with E-state index < -0.39 is 46.8 Å². The predicted molar refractivity (Wildman–Crippen MR) is 58.6 cm³/mol. The summed E-state index contributed by atoms with van der Waals surface area (Å²) in [5.41, 5.74) is -8.93. The van der Waals surface area contributed by atoms with Crippen molar-refractivity contribution in [2.45, 2.75) is 56.0 Å². The van der Waals surface area contributed by atoms with Crippen LogP contribution in [0.3, 0.4) is 0 Å². The van der Waals surface area contributed by atoms with Gasteiger partial charge >= 0.3 is 23.7 Å². The largest absolute Gasteiger partial charge is 0.453 e. The van der Waals surface area contributed by atoms with Crippen LogP contribution in [0, 0.1) is 0 Å². The number of esters is 1. The number of halogens is 8. The van der Waals surface area contributed by atoms with Gasteiger partial charge in [-0.15, -0.1) is 0 Å². The molecule has 1 fully saturated rings. The quantitative estimate of drug-likeness (QED) is 0.443. The van der Waals surface area contributed by atoms with E-state index in [1.54, 1.807) is 0 Å². The molecule has 0 spiro atoms. The number of hydrogen-bond donors (Lipinski definition) is 0. The van der Waals surface area contributed by atoms with Crippen molar-refractivity contribution in [2.24, 2.45) is 0 Å². The summed E-state index contributed by atoms with van der Waals surface area (Å²) in [6.45, 7) is 4.63. The lowest BCUT2D eigenvalue weighted by Gasteiger charge is -2.40. The van der Waals surface area contributed by atoms with Gasteiger partial charge in [-0.3, -0.25) is 0 Å². The van der Waals surface area contributed by atoms with Crippen LogP contribution in [0.25, 0.3) is 0 Å². The topological polar surface area (TPSA) is 26.3 Å². The summed E-state index contributed by atoms with van der Waals surface area (Å²) in [5, 5.41) is 0. The average molecular weight is 340 g/mol. The molecule has 1 aliphatic carbocycles. The van der Waals surface area contributed by atoms with Crippen LogP contribution < -0.4 is 0 Å². The summed E-state index contributed by atoms with van der Waals surface area (Å²) < 4.78 is 112. The Morgan fingerprint density at radius 1 is 1.05 bits per heavy atom. The molecule has 0 heterocycles. The number of ether oxygens (including phenoxy) is 1. The fourth-order valence-electron chi connectivity index (χ4n) is 2.08. The van der Waals surface area contributed by atoms with Crippen molar-refractivity contribution in [1.82, 2.24) is 0 Å². The first-order chi connectivity index (χ1) is 9.48. The maximum Gasteiger partial charge on any atom is 0.378 e. The molecular weight excluding hydrogens is 328 g/mol. The van der Waals surface area contributed by atoms with E-state index in [-0.39, 0.29) is 0 Å². The monoisotopic (exact) mass is 340 g/mol. The van der Waals surface area contributed by atoms with E-state index in [9.17, 15) is 39.9 Å². The summed E-state index contributed by atoms with van der Waals surface area (Å²) in [5.74, 6) is -19.9. The Hall–Kier alpha value is -1.35. The zero-order chi connectivity index (χ0) is 17.9. The molecule has 22 heavy (non-hydrogen) atoms. The first kappa shape index (κ1) is 18.7. The third-order valence-electron chi connectivity index (χ3n) is 3.51. The Morgan fingerprint density at radius 3 is 1.73 bits per heavy atom. The zero-order valence-electron chi connectivity index (χ0n) is 11.6. The van der Waals surface area contributed by atoms with Crippen LogP contribution in [0.2, 0.25) is 0 Å². The molecule has 0 radical (unpaired) electrons. The smallest absolute Gasteiger partial charge is 0.378 e. The van der Waals surface area contributed by atoms with Crippen LogP contribution in [0.1, 0.15) is 20.8 Å². The summed E-state index contributed by atoms with van der Waals surface area (Å²) in [6, 6.07) is 0. The van der Waals surface area contributed by atoms with Crippen LogP contribution in [0.15, 0.2) is 12.2 Å². The molecule has 0 aromatic carbocycles. The van der Waals surface area contributed by atoms with Crippen molar-refractivity contribution < 1.29 is 44.7 Å². The second-order valence-corrected chi connectivity index (χ2v) is 5.53. The van der Waals surface area contributed by atoms with Gasteiger partial charge in [-0.25, -0.2) is 13.6 Å². The molecule has 0 aromatic heterocycles. The van der Waals surface area contributed by atoms with E-state index >= 15 is 0 Å². The van der Waals surface area contributed by atoms with Gasteiger partial charge in [-0.2, -0.15) is 26.3 Å². The minimum Gasteiger partial charge on any atom is -0.453 e. The molecule has 0 bridgehead atoms. The highest BCUT2D eigenvalue weighted by Crippen LogP contribution is 2.66. The lowest BCUT2D eigenvalue weighted by atomic mass is 9.82. The molecule has 0 aromatic rings. The maximum atomic E-state index is 14.5. The molecule has 0 N–H and O–H groups in total. The molecule has 0 aliphatic heterocycles. The molecule has 1 aliphatic rings. The van der Waals surface area contributed by atoms with Crippen LogP contribution >= 0.6 is 0 Å². The van der Waals surface area contributed by atoms with Gasteiger partial charge in [0.05, 0.1) is 0 Å². The first-order valence-corrected chi connectivity index (χ1v) is 5.83. The molecule has 0 saturated heterocycles. The summed E-state index contributed by atoms with van der Waals surface area (Å²) in [6.07, 6.45) is -4.60. The second kappa shape index (κ2) is 4.58. The molecule has 2 unspecified atom stereocenters. The Bertz CT molecular complexity index is 513. The van der Waals surface area contributed by atoms with Crippen LogP contribution in [0.5, 0.6) is 0 Å². The lowest BCUT2D eigenvalue weighted by Crippen LogP contribution is -2.64. The number of hydrogen-bond acceptors (Lipinski definition) is 2. The van der Waals surface area contributed by atoms with Gasteiger partial charge in [0.15, 0.2) is 5.60 Å². The van der Waals surface area contributed by atoms with Gasteiger partial charge in [0.2, 0.25) is 6.17 Å². The minimum atomic E-state index is -6.30. The highest BCUT2D eigenvalue weighted by molar-refractivity contribution is 5.87.